The zero-order valence-corrected chi connectivity index (χ0v) is 10.8. The Morgan fingerprint density at radius 2 is 2.00 bits per heavy atom. The number of carbonyl (C=O) groups excluding carboxylic acids is 1. The van der Waals surface area contributed by atoms with E-state index in [4.69, 9.17) is 9.84 Å². The fraction of sp³-hybridized carbons (Fsp3) is 0.286. The third kappa shape index (κ3) is 6.38. The van der Waals surface area contributed by atoms with E-state index in [-0.39, 0.29) is 5.91 Å². The third-order valence-corrected chi connectivity index (χ3v) is 2.37. The van der Waals surface area contributed by atoms with Gasteiger partial charge in [0.05, 0.1) is 0 Å². The van der Waals surface area contributed by atoms with Crippen molar-refractivity contribution in [2.45, 2.75) is 12.8 Å². The van der Waals surface area contributed by atoms with Crippen LogP contribution >= 0.6 is 0 Å². The fourth-order valence-electron chi connectivity index (χ4n) is 1.45. The lowest BCUT2D eigenvalue weighted by molar-refractivity contribution is -0.131. The van der Waals surface area contributed by atoms with Gasteiger partial charge in [-0.15, -0.1) is 0 Å². The second kappa shape index (κ2) is 8.05. The molecule has 0 radical (unpaired) electrons. The van der Waals surface area contributed by atoms with Gasteiger partial charge < -0.3 is 15.2 Å². The predicted molar refractivity (Wildman–Crippen MR) is 72.9 cm³/mol. The molecule has 0 unspecified atom stereocenters. The number of carboxylic acid groups (broad SMARTS) is 1. The van der Waals surface area contributed by atoms with Crippen LogP contribution in [0, 0.1) is 0 Å². The first-order valence-corrected chi connectivity index (χ1v) is 5.91. The number of amides is 1. The number of hydrogen-bond acceptors (Lipinski definition) is 3. The summed E-state index contributed by atoms with van der Waals surface area (Å²) in [6.45, 7) is 0.562. The predicted octanol–water partition coefficient (Wildman–Crippen LogP) is 2.15. The van der Waals surface area contributed by atoms with E-state index in [2.05, 4.69) is 5.32 Å². The molecule has 0 fully saturated rings. The fourth-order valence-corrected chi connectivity index (χ4v) is 1.45. The third-order valence-electron chi connectivity index (χ3n) is 2.37. The van der Waals surface area contributed by atoms with Crippen molar-refractivity contribution >= 4 is 23.6 Å². The maximum Gasteiger partial charge on any atom is 0.328 e. The molecule has 0 atom stereocenters. The van der Waals surface area contributed by atoms with Gasteiger partial charge in [-0.05, 0) is 30.2 Å². The molecule has 0 spiro atoms. The standard InChI is InChI=1S/C14H17NO4/c1-19-10-2-3-13(16)15-12-7-4-11(5-8-12)6-9-14(17)18/h4-9H,2-3,10H2,1H3,(H,15,16)(H,17,18). The molecule has 0 bridgehead atoms. The molecule has 1 aromatic rings. The monoisotopic (exact) mass is 263 g/mol. The highest BCUT2D eigenvalue weighted by Crippen LogP contribution is 2.11. The number of methoxy groups -OCH3 is 1. The molecule has 0 heterocycles. The smallest absolute Gasteiger partial charge is 0.328 e. The van der Waals surface area contributed by atoms with Crippen molar-refractivity contribution in [3.05, 3.63) is 35.9 Å². The van der Waals surface area contributed by atoms with Crippen LogP contribution in [0.4, 0.5) is 5.69 Å². The van der Waals surface area contributed by atoms with E-state index >= 15 is 0 Å². The van der Waals surface area contributed by atoms with Gasteiger partial charge in [-0.2, -0.15) is 0 Å². The summed E-state index contributed by atoms with van der Waals surface area (Å²) < 4.78 is 4.87. The summed E-state index contributed by atoms with van der Waals surface area (Å²) >= 11 is 0. The van der Waals surface area contributed by atoms with Gasteiger partial charge in [0.25, 0.3) is 0 Å². The molecule has 19 heavy (non-hydrogen) atoms. The van der Waals surface area contributed by atoms with Crippen LogP contribution in [-0.2, 0) is 14.3 Å². The van der Waals surface area contributed by atoms with Gasteiger partial charge in [0.2, 0.25) is 5.91 Å². The molecule has 0 saturated heterocycles. The van der Waals surface area contributed by atoms with Crippen LogP contribution in [-0.4, -0.2) is 30.7 Å². The van der Waals surface area contributed by atoms with Crippen LogP contribution in [0.3, 0.4) is 0 Å². The van der Waals surface area contributed by atoms with Crippen molar-refractivity contribution in [3.63, 3.8) is 0 Å². The molecule has 1 aromatic carbocycles. The molecular formula is C14H17NO4. The van der Waals surface area contributed by atoms with Gasteiger partial charge in [-0.25, -0.2) is 4.79 Å². The number of benzene rings is 1. The number of carbonyl (C=O) groups is 2. The highest BCUT2D eigenvalue weighted by molar-refractivity contribution is 5.91. The highest BCUT2D eigenvalue weighted by atomic mass is 16.5. The average molecular weight is 263 g/mol. The summed E-state index contributed by atoms with van der Waals surface area (Å²) in [6, 6.07) is 6.94. The maximum atomic E-state index is 11.5. The molecule has 5 heteroatoms. The Bertz CT molecular complexity index is 451. The number of hydrogen-bond donors (Lipinski definition) is 2. The van der Waals surface area contributed by atoms with E-state index in [0.717, 1.165) is 11.6 Å². The van der Waals surface area contributed by atoms with Crippen LogP contribution in [0.1, 0.15) is 18.4 Å². The lowest BCUT2D eigenvalue weighted by Crippen LogP contribution is -2.11. The van der Waals surface area contributed by atoms with Gasteiger partial charge in [0.1, 0.15) is 0 Å². The van der Waals surface area contributed by atoms with Crippen molar-refractivity contribution in [3.8, 4) is 0 Å². The first kappa shape index (κ1) is 14.9. The molecular weight excluding hydrogens is 246 g/mol. The number of nitrogens with one attached hydrogen (secondary N) is 1. The normalized spacial score (nSPS) is 10.6. The van der Waals surface area contributed by atoms with Crippen LogP contribution < -0.4 is 5.32 Å². The van der Waals surface area contributed by atoms with Crippen molar-refractivity contribution in [2.24, 2.45) is 0 Å². The van der Waals surface area contributed by atoms with Crippen molar-refractivity contribution in [1.29, 1.82) is 0 Å². The largest absolute Gasteiger partial charge is 0.478 e. The Kier molecular flexibility index (Phi) is 6.32. The van der Waals surface area contributed by atoms with Crippen molar-refractivity contribution in [1.82, 2.24) is 0 Å². The zero-order valence-electron chi connectivity index (χ0n) is 10.8. The van der Waals surface area contributed by atoms with Gasteiger partial charge in [-0.3, -0.25) is 4.79 Å². The summed E-state index contributed by atoms with van der Waals surface area (Å²) in [5.74, 6) is -1.05. The topological polar surface area (TPSA) is 75.6 Å². The molecule has 102 valence electrons. The molecule has 0 aliphatic heterocycles. The number of anilines is 1. The summed E-state index contributed by atoms with van der Waals surface area (Å²) in [6.07, 6.45) is 3.65. The van der Waals surface area contributed by atoms with E-state index < -0.39 is 5.97 Å². The van der Waals surface area contributed by atoms with Crippen LogP contribution in [0.25, 0.3) is 6.08 Å². The maximum absolute atomic E-state index is 11.5. The second-order valence-electron chi connectivity index (χ2n) is 3.94. The van der Waals surface area contributed by atoms with Gasteiger partial charge >= 0.3 is 5.97 Å². The number of rotatable bonds is 7. The van der Waals surface area contributed by atoms with Crippen LogP contribution in [0.5, 0.6) is 0 Å². The van der Waals surface area contributed by atoms with Gasteiger partial charge in [0, 0.05) is 31.9 Å². The minimum Gasteiger partial charge on any atom is -0.478 e. The Labute approximate surface area is 111 Å². The lowest BCUT2D eigenvalue weighted by atomic mass is 10.2. The van der Waals surface area contributed by atoms with E-state index in [1.807, 2.05) is 0 Å². The minimum absolute atomic E-state index is 0.0640. The van der Waals surface area contributed by atoms with Gasteiger partial charge in [-0.1, -0.05) is 12.1 Å². The Morgan fingerprint density at radius 1 is 1.32 bits per heavy atom. The molecule has 1 amide bonds. The van der Waals surface area contributed by atoms with Crippen molar-refractivity contribution < 1.29 is 19.4 Å². The Morgan fingerprint density at radius 3 is 2.58 bits per heavy atom. The van der Waals surface area contributed by atoms with E-state index in [1.165, 1.54) is 6.08 Å². The quantitative estimate of drug-likeness (QED) is 0.584. The van der Waals surface area contributed by atoms with E-state index in [1.54, 1.807) is 31.4 Å². The van der Waals surface area contributed by atoms with E-state index in [0.29, 0.717) is 25.1 Å². The highest BCUT2D eigenvalue weighted by Gasteiger charge is 2.01. The van der Waals surface area contributed by atoms with E-state index in [9.17, 15) is 9.59 Å². The van der Waals surface area contributed by atoms with Crippen molar-refractivity contribution in [2.75, 3.05) is 19.0 Å². The molecule has 0 aliphatic carbocycles. The minimum atomic E-state index is -0.990. The summed E-state index contributed by atoms with van der Waals surface area (Å²) in [5.41, 5.74) is 1.45. The SMILES string of the molecule is COCCCC(=O)Nc1ccc(C=CC(=O)O)cc1. The number of aliphatic carboxylic acids is 1. The summed E-state index contributed by atoms with van der Waals surface area (Å²) in [4.78, 5) is 21.9. The number of ether oxygens (including phenoxy) is 1. The molecule has 0 aromatic heterocycles. The molecule has 2 N–H and O–H groups in total. The first-order valence-electron chi connectivity index (χ1n) is 5.91. The van der Waals surface area contributed by atoms with Crippen LogP contribution in [0.2, 0.25) is 0 Å². The Balaban J connectivity index is 2.47. The lowest BCUT2D eigenvalue weighted by Gasteiger charge is -2.05. The Hall–Kier alpha value is -2.14. The summed E-state index contributed by atoms with van der Waals surface area (Å²) in [5, 5.41) is 11.3. The zero-order chi connectivity index (χ0) is 14.1. The first-order chi connectivity index (χ1) is 9.11. The second-order valence-corrected chi connectivity index (χ2v) is 3.94. The molecule has 0 aliphatic rings. The van der Waals surface area contributed by atoms with Gasteiger partial charge in [0.15, 0.2) is 0 Å². The van der Waals surface area contributed by atoms with Crippen LogP contribution in [0.15, 0.2) is 30.3 Å². The summed E-state index contributed by atoms with van der Waals surface area (Å²) in [7, 11) is 1.60. The average Bonchev–Trinajstić information content (AvgIpc) is 2.38. The molecule has 1 rings (SSSR count). The molecule has 5 nitrogen and oxygen atoms in total. The molecule has 0 saturated carbocycles. The number of carboxylic acids is 1.